The van der Waals surface area contributed by atoms with Crippen molar-refractivity contribution >= 4 is 5.78 Å². The Labute approximate surface area is 136 Å². The Bertz CT molecular complexity index is 635. The second-order valence-electron chi connectivity index (χ2n) is 6.30. The average molecular weight is 310 g/mol. The molecule has 0 unspecified atom stereocenters. The highest BCUT2D eigenvalue weighted by molar-refractivity contribution is 5.94. The van der Waals surface area contributed by atoms with Gasteiger partial charge in [0.1, 0.15) is 5.69 Å². The van der Waals surface area contributed by atoms with Crippen molar-refractivity contribution < 1.29 is 9.90 Å². The van der Waals surface area contributed by atoms with Crippen LogP contribution in [0.5, 0.6) is 0 Å². The van der Waals surface area contributed by atoms with Gasteiger partial charge in [0.2, 0.25) is 0 Å². The number of hydrogen-bond donors (Lipinski definition) is 1. The third-order valence-corrected chi connectivity index (χ3v) is 4.48. The van der Waals surface area contributed by atoms with Crippen molar-refractivity contribution in [2.75, 3.05) is 13.1 Å². The van der Waals surface area contributed by atoms with E-state index in [9.17, 15) is 9.90 Å². The first kappa shape index (κ1) is 15.8. The first-order chi connectivity index (χ1) is 11.1. The van der Waals surface area contributed by atoms with Crippen LogP contribution in [0, 0.1) is 0 Å². The van der Waals surface area contributed by atoms with Crippen LogP contribution in [-0.4, -0.2) is 39.5 Å². The van der Waals surface area contributed by atoms with Gasteiger partial charge >= 0.3 is 0 Å². The molecule has 1 fully saturated rings. The van der Waals surface area contributed by atoms with Gasteiger partial charge in [0, 0.05) is 32.3 Å². The van der Waals surface area contributed by atoms with Gasteiger partial charge in [-0.2, -0.15) is 0 Å². The lowest BCUT2D eigenvalue weighted by Gasteiger charge is -2.37. The normalized spacial score (nSPS) is 17.8. The molecule has 0 aliphatic carbocycles. The summed E-state index contributed by atoms with van der Waals surface area (Å²) in [6.07, 6.45) is 3.01. The van der Waals surface area contributed by atoms with E-state index < -0.39 is 5.60 Å². The zero-order chi connectivity index (χ0) is 16.1. The van der Waals surface area contributed by atoms with Gasteiger partial charge in [0.25, 0.3) is 0 Å². The van der Waals surface area contributed by atoms with Crippen LogP contribution < -0.4 is 0 Å². The second-order valence-corrected chi connectivity index (χ2v) is 6.30. The van der Waals surface area contributed by atoms with Gasteiger partial charge < -0.3 is 5.11 Å². The Kier molecular flexibility index (Phi) is 4.84. The Morgan fingerprint density at radius 3 is 2.43 bits per heavy atom. The number of hydrogen-bond acceptors (Lipinski definition) is 4. The molecule has 1 saturated heterocycles. The van der Waals surface area contributed by atoms with E-state index in [1.807, 2.05) is 18.2 Å². The van der Waals surface area contributed by atoms with Gasteiger partial charge in [-0.1, -0.05) is 36.4 Å². The molecule has 1 aliphatic heterocycles. The van der Waals surface area contributed by atoms with Gasteiger partial charge in [-0.05, 0) is 30.5 Å². The number of benzene rings is 1. The molecule has 0 atom stereocenters. The Hall–Kier alpha value is -2.04. The van der Waals surface area contributed by atoms with Crippen LogP contribution in [0.4, 0.5) is 0 Å². The maximum Gasteiger partial charge on any atom is 0.184 e. The lowest BCUT2D eigenvalue weighted by Crippen LogP contribution is -2.45. The molecule has 23 heavy (non-hydrogen) atoms. The number of Topliss-reactive ketones (excluding diaryl/α,β-unsaturated/α-hetero) is 1. The Morgan fingerprint density at radius 2 is 1.78 bits per heavy atom. The summed E-state index contributed by atoms with van der Waals surface area (Å²) < 4.78 is 0. The van der Waals surface area contributed by atoms with Crippen molar-refractivity contribution in [2.24, 2.45) is 0 Å². The summed E-state index contributed by atoms with van der Waals surface area (Å²) in [6, 6.07) is 15.6. The molecular weight excluding hydrogens is 288 g/mol. The minimum absolute atomic E-state index is 0.0791. The van der Waals surface area contributed by atoms with Crippen LogP contribution >= 0.6 is 0 Å². The fourth-order valence-corrected chi connectivity index (χ4v) is 3.06. The maximum atomic E-state index is 12.3. The summed E-state index contributed by atoms with van der Waals surface area (Å²) in [7, 11) is 0. The first-order valence-corrected chi connectivity index (χ1v) is 8.08. The number of pyridine rings is 1. The predicted molar refractivity (Wildman–Crippen MR) is 89.1 cm³/mol. The molecule has 0 bridgehead atoms. The Morgan fingerprint density at radius 1 is 1.09 bits per heavy atom. The molecule has 0 spiro atoms. The number of aliphatic hydroxyl groups is 1. The topological polar surface area (TPSA) is 53.4 Å². The minimum atomic E-state index is -0.901. The number of piperidine rings is 1. The van der Waals surface area contributed by atoms with Gasteiger partial charge in [-0.25, -0.2) is 0 Å². The third kappa shape index (κ3) is 4.24. The molecule has 4 heteroatoms. The zero-order valence-corrected chi connectivity index (χ0v) is 13.2. The fraction of sp³-hybridized carbons (Fsp3) is 0.368. The van der Waals surface area contributed by atoms with E-state index in [1.165, 1.54) is 5.56 Å². The molecule has 2 aromatic rings. The van der Waals surface area contributed by atoms with E-state index in [2.05, 4.69) is 22.0 Å². The van der Waals surface area contributed by atoms with Crippen molar-refractivity contribution in [3.05, 3.63) is 66.0 Å². The van der Waals surface area contributed by atoms with Crippen LogP contribution in [-0.2, 0) is 6.54 Å². The molecular formula is C19H22N2O2. The molecule has 0 radical (unpaired) electrons. The summed E-state index contributed by atoms with van der Waals surface area (Å²) in [5, 5.41) is 10.7. The summed E-state index contributed by atoms with van der Waals surface area (Å²) >= 11 is 0. The largest absolute Gasteiger partial charge is 0.389 e. The predicted octanol–water partition coefficient (Wildman–Crippen LogP) is 2.68. The van der Waals surface area contributed by atoms with Crippen molar-refractivity contribution in [1.82, 2.24) is 9.88 Å². The molecule has 1 aliphatic rings. The molecule has 1 aromatic heterocycles. The summed E-state index contributed by atoms with van der Waals surface area (Å²) in [5.74, 6) is -0.0791. The highest BCUT2D eigenvalue weighted by Gasteiger charge is 2.34. The van der Waals surface area contributed by atoms with Crippen LogP contribution in [0.25, 0.3) is 0 Å². The number of aromatic nitrogens is 1. The molecule has 1 N–H and O–H groups in total. The Balaban J connectivity index is 1.54. The smallest absolute Gasteiger partial charge is 0.184 e. The fourth-order valence-electron chi connectivity index (χ4n) is 3.06. The number of nitrogens with zero attached hydrogens (tertiary/aromatic N) is 2. The van der Waals surface area contributed by atoms with E-state index in [4.69, 9.17) is 0 Å². The molecule has 3 rings (SSSR count). The van der Waals surface area contributed by atoms with Crippen LogP contribution in [0.1, 0.15) is 35.3 Å². The van der Waals surface area contributed by atoms with Crippen LogP contribution in [0.3, 0.4) is 0 Å². The van der Waals surface area contributed by atoms with E-state index in [1.54, 1.807) is 24.4 Å². The summed E-state index contributed by atoms with van der Waals surface area (Å²) in [4.78, 5) is 18.7. The SMILES string of the molecule is O=C(CC1(O)CCN(Cc2ccccc2)CC1)c1ccccn1. The number of rotatable bonds is 5. The number of ketones is 1. The quantitative estimate of drug-likeness (QED) is 0.863. The molecule has 0 saturated carbocycles. The molecule has 4 nitrogen and oxygen atoms in total. The van der Waals surface area contributed by atoms with E-state index in [0.717, 1.165) is 19.6 Å². The van der Waals surface area contributed by atoms with Crippen LogP contribution in [0.2, 0.25) is 0 Å². The molecule has 1 aromatic carbocycles. The van der Waals surface area contributed by atoms with Gasteiger partial charge in [-0.15, -0.1) is 0 Å². The summed E-state index contributed by atoms with van der Waals surface area (Å²) in [5.41, 5.74) is 0.817. The maximum absolute atomic E-state index is 12.3. The van der Waals surface area contributed by atoms with Gasteiger partial charge in [-0.3, -0.25) is 14.7 Å². The van der Waals surface area contributed by atoms with E-state index >= 15 is 0 Å². The third-order valence-electron chi connectivity index (χ3n) is 4.48. The number of carbonyl (C=O) groups is 1. The number of carbonyl (C=O) groups excluding carboxylic acids is 1. The minimum Gasteiger partial charge on any atom is -0.389 e. The van der Waals surface area contributed by atoms with E-state index in [-0.39, 0.29) is 12.2 Å². The van der Waals surface area contributed by atoms with Crippen LogP contribution in [0.15, 0.2) is 54.7 Å². The van der Waals surface area contributed by atoms with Gasteiger partial charge in [0.05, 0.1) is 5.60 Å². The van der Waals surface area contributed by atoms with Gasteiger partial charge in [0.15, 0.2) is 5.78 Å². The van der Waals surface area contributed by atoms with Crippen molar-refractivity contribution in [1.29, 1.82) is 0 Å². The highest BCUT2D eigenvalue weighted by atomic mass is 16.3. The van der Waals surface area contributed by atoms with Crippen molar-refractivity contribution in [3.8, 4) is 0 Å². The summed E-state index contributed by atoms with van der Waals surface area (Å²) in [6.45, 7) is 2.51. The molecule has 120 valence electrons. The van der Waals surface area contributed by atoms with E-state index in [0.29, 0.717) is 18.5 Å². The standard InChI is InChI=1S/C19H22N2O2/c22-18(17-8-4-5-11-20-17)14-19(23)9-12-21(13-10-19)15-16-6-2-1-3-7-16/h1-8,11,23H,9-10,12-15H2. The van der Waals surface area contributed by atoms with Crippen molar-refractivity contribution in [2.45, 2.75) is 31.4 Å². The number of likely N-dealkylation sites (tertiary alicyclic amines) is 1. The second kappa shape index (κ2) is 7.02. The molecule has 2 heterocycles. The molecule has 0 amide bonds. The lowest BCUT2D eigenvalue weighted by molar-refractivity contribution is -0.0242. The highest BCUT2D eigenvalue weighted by Crippen LogP contribution is 2.27. The average Bonchev–Trinajstić information content (AvgIpc) is 2.59. The van der Waals surface area contributed by atoms with Crippen molar-refractivity contribution in [3.63, 3.8) is 0 Å². The zero-order valence-electron chi connectivity index (χ0n) is 13.2. The monoisotopic (exact) mass is 310 g/mol. The first-order valence-electron chi connectivity index (χ1n) is 8.08. The lowest BCUT2D eigenvalue weighted by atomic mass is 9.86.